The van der Waals surface area contributed by atoms with Gasteiger partial charge in [-0.3, -0.25) is 20.4 Å². The molecule has 1 heterocycles. The average molecular weight is 329 g/mol. The molecule has 0 atom stereocenters. The van der Waals surface area contributed by atoms with Gasteiger partial charge in [-0.15, -0.1) is 0 Å². The number of aromatic nitrogens is 1. The zero-order valence-electron chi connectivity index (χ0n) is 13.2. The Balaban J connectivity index is 1.54. The topological polar surface area (TPSA) is 74.0 Å². The number of nitrogens with one attached hydrogen (secondary N) is 3. The van der Waals surface area contributed by atoms with Gasteiger partial charge in [-0.2, -0.15) is 0 Å². The predicted molar refractivity (Wildman–Crippen MR) is 97.2 cm³/mol. The molecule has 0 radical (unpaired) electrons. The molecule has 0 fully saturated rings. The van der Waals surface area contributed by atoms with Crippen LogP contribution in [0.5, 0.6) is 0 Å². The van der Waals surface area contributed by atoms with E-state index in [1.807, 2.05) is 60.7 Å². The smallest absolute Gasteiger partial charge is 0.271 e. The normalized spacial score (nSPS) is 10.7. The highest BCUT2D eigenvalue weighted by Gasteiger charge is 2.14. The van der Waals surface area contributed by atoms with Crippen molar-refractivity contribution in [3.05, 3.63) is 84.1 Å². The van der Waals surface area contributed by atoms with Crippen LogP contribution in [0.3, 0.4) is 0 Å². The van der Waals surface area contributed by atoms with Crippen LogP contribution in [0.4, 0.5) is 0 Å². The summed E-state index contributed by atoms with van der Waals surface area (Å²) in [6.45, 7) is 0. The van der Waals surface area contributed by atoms with Crippen molar-refractivity contribution >= 4 is 33.5 Å². The van der Waals surface area contributed by atoms with Gasteiger partial charge in [0.25, 0.3) is 11.8 Å². The van der Waals surface area contributed by atoms with Crippen molar-refractivity contribution in [3.63, 3.8) is 0 Å². The number of hydrogen-bond donors (Lipinski definition) is 3. The molecule has 25 heavy (non-hydrogen) atoms. The van der Waals surface area contributed by atoms with Crippen LogP contribution in [0.1, 0.15) is 20.7 Å². The van der Waals surface area contributed by atoms with Crippen LogP contribution < -0.4 is 10.9 Å². The van der Waals surface area contributed by atoms with Crippen molar-refractivity contribution in [2.45, 2.75) is 0 Å². The minimum absolute atomic E-state index is 0.356. The highest BCUT2D eigenvalue weighted by molar-refractivity contribution is 6.10. The first-order valence-corrected chi connectivity index (χ1v) is 7.88. The molecule has 0 aliphatic heterocycles. The van der Waals surface area contributed by atoms with Gasteiger partial charge in [0.15, 0.2) is 0 Å². The Morgan fingerprint density at radius 3 is 2.16 bits per heavy atom. The molecule has 122 valence electrons. The van der Waals surface area contributed by atoms with Crippen LogP contribution >= 0.6 is 0 Å². The minimum Gasteiger partial charge on any atom is -0.360 e. The third-order valence-electron chi connectivity index (χ3n) is 4.16. The van der Waals surface area contributed by atoms with E-state index in [2.05, 4.69) is 15.8 Å². The zero-order chi connectivity index (χ0) is 17.2. The van der Waals surface area contributed by atoms with Crippen molar-refractivity contribution in [2.75, 3.05) is 0 Å². The van der Waals surface area contributed by atoms with Gasteiger partial charge in [0.05, 0.1) is 5.56 Å². The number of benzene rings is 3. The van der Waals surface area contributed by atoms with E-state index < -0.39 is 0 Å². The molecule has 4 rings (SSSR count). The van der Waals surface area contributed by atoms with Gasteiger partial charge in [0, 0.05) is 22.7 Å². The van der Waals surface area contributed by atoms with Crippen molar-refractivity contribution in [1.29, 1.82) is 0 Å². The molecule has 4 aromatic rings. The van der Waals surface area contributed by atoms with Crippen LogP contribution in [0.25, 0.3) is 21.7 Å². The largest absolute Gasteiger partial charge is 0.360 e. The molecule has 0 aliphatic carbocycles. The molecule has 0 aliphatic rings. The van der Waals surface area contributed by atoms with E-state index in [4.69, 9.17) is 0 Å². The first-order chi connectivity index (χ1) is 12.2. The lowest BCUT2D eigenvalue weighted by molar-refractivity contribution is 0.0848. The number of aromatic amines is 1. The van der Waals surface area contributed by atoms with E-state index in [0.717, 1.165) is 21.7 Å². The van der Waals surface area contributed by atoms with E-state index in [0.29, 0.717) is 11.1 Å². The second kappa shape index (κ2) is 6.13. The second-order valence-corrected chi connectivity index (χ2v) is 5.68. The lowest BCUT2D eigenvalue weighted by Gasteiger charge is -2.09. The van der Waals surface area contributed by atoms with Gasteiger partial charge < -0.3 is 4.98 Å². The maximum Gasteiger partial charge on any atom is 0.271 e. The second-order valence-electron chi connectivity index (χ2n) is 5.68. The fourth-order valence-corrected chi connectivity index (χ4v) is 2.93. The van der Waals surface area contributed by atoms with Crippen molar-refractivity contribution in [3.8, 4) is 0 Å². The number of amides is 2. The Labute approximate surface area is 143 Å². The number of rotatable bonds is 2. The molecule has 2 amide bonds. The zero-order valence-corrected chi connectivity index (χ0v) is 13.2. The van der Waals surface area contributed by atoms with Gasteiger partial charge in [-0.1, -0.05) is 54.6 Å². The Kier molecular flexibility index (Phi) is 3.67. The molecule has 0 saturated carbocycles. The molecule has 3 N–H and O–H groups in total. The van der Waals surface area contributed by atoms with E-state index in [9.17, 15) is 9.59 Å². The number of H-pyrrole nitrogens is 1. The van der Waals surface area contributed by atoms with Crippen molar-refractivity contribution < 1.29 is 9.59 Å². The maximum atomic E-state index is 12.5. The van der Waals surface area contributed by atoms with E-state index in [1.54, 1.807) is 12.3 Å². The summed E-state index contributed by atoms with van der Waals surface area (Å²) in [6.07, 6.45) is 1.63. The molecule has 0 unspecified atom stereocenters. The third kappa shape index (κ3) is 2.72. The van der Waals surface area contributed by atoms with Gasteiger partial charge >= 0.3 is 0 Å². The van der Waals surface area contributed by atoms with Gasteiger partial charge in [0.2, 0.25) is 0 Å². The molecular formula is C20H15N3O2. The fourth-order valence-electron chi connectivity index (χ4n) is 2.93. The first kappa shape index (κ1) is 15.0. The number of carbonyl (C=O) groups excluding carboxylic acids is 2. The summed E-state index contributed by atoms with van der Waals surface area (Å²) in [6, 6.07) is 20.6. The summed E-state index contributed by atoms with van der Waals surface area (Å²) in [4.78, 5) is 27.9. The Bertz CT molecular complexity index is 1090. The highest BCUT2D eigenvalue weighted by Crippen LogP contribution is 2.19. The van der Waals surface area contributed by atoms with E-state index in [-0.39, 0.29) is 11.8 Å². The number of hydrogen-bond acceptors (Lipinski definition) is 2. The van der Waals surface area contributed by atoms with Crippen molar-refractivity contribution in [2.24, 2.45) is 0 Å². The van der Waals surface area contributed by atoms with Crippen LogP contribution in [-0.2, 0) is 0 Å². The summed E-state index contributed by atoms with van der Waals surface area (Å²) in [5.74, 6) is -0.726. The molecule has 5 nitrogen and oxygen atoms in total. The molecule has 0 bridgehead atoms. The summed E-state index contributed by atoms with van der Waals surface area (Å²) in [5.41, 5.74) is 6.83. The van der Waals surface area contributed by atoms with Gasteiger partial charge in [-0.05, 0) is 22.9 Å². The molecule has 5 heteroatoms. The van der Waals surface area contributed by atoms with E-state index >= 15 is 0 Å². The number of carbonyl (C=O) groups is 2. The minimum atomic E-state index is -0.369. The summed E-state index contributed by atoms with van der Waals surface area (Å²) >= 11 is 0. The number of fused-ring (bicyclic) bond motifs is 2. The molecule has 0 saturated heterocycles. The van der Waals surface area contributed by atoms with Crippen LogP contribution in [0.15, 0.2) is 72.9 Å². The quantitative estimate of drug-likeness (QED) is 0.493. The van der Waals surface area contributed by atoms with Gasteiger partial charge in [0.1, 0.15) is 0 Å². The Morgan fingerprint density at radius 2 is 1.32 bits per heavy atom. The van der Waals surface area contributed by atoms with Crippen molar-refractivity contribution in [1.82, 2.24) is 15.8 Å². The lowest BCUT2D eigenvalue weighted by atomic mass is 10.0. The van der Waals surface area contributed by atoms with Crippen LogP contribution in [0.2, 0.25) is 0 Å². The molecule has 0 spiro atoms. The third-order valence-corrected chi connectivity index (χ3v) is 4.16. The molecule has 3 aromatic carbocycles. The van der Waals surface area contributed by atoms with Crippen LogP contribution in [0, 0.1) is 0 Å². The van der Waals surface area contributed by atoms with E-state index in [1.165, 1.54) is 0 Å². The monoisotopic (exact) mass is 329 g/mol. The summed E-state index contributed by atoms with van der Waals surface area (Å²) in [5, 5.41) is 2.61. The molecule has 1 aromatic heterocycles. The summed E-state index contributed by atoms with van der Waals surface area (Å²) < 4.78 is 0. The average Bonchev–Trinajstić information content (AvgIpc) is 3.09. The number of hydrazine groups is 1. The Hall–Kier alpha value is -3.60. The Morgan fingerprint density at radius 1 is 0.680 bits per heavy atom. The first-order valence-electron chi connectivity index (χ1n) is 7.88. The summed E-state index contributed by atoms with van der Waals surface area (Å²) in [7, 11) is 0. The predicted octanol–water partition coefficient (Wildman–Crippen LogP) is 3.40. The lowest BCUT2D eigenvalue weighted by Crippen LogP contribution is -2.41. The standard InChI is InChI=1S/C20H15N3O2/c24-19(16-10-5-7-13-6-1-2-8-14(13)16)22-23-20(25)17-12-21-18-11-4-3-9-15(17)18/h1-12,21H,(H,22,24)(H,23,25). The van der Waals surface area contributed by atoms with Crippen LogP contribution in [-0.4, -0.2) is 16.8 Å². The maximum absolute atomic E-state index is 12.5. The SMILES string of the molecule is O=C(NNC(=O)c1c[nH]c2ccccc12)c1cccc2ccccc12. The highest BCUT2D eigenvalue weighted by atomic mass is 16.2. The fraction of sp³-hybridized carbons (Fsp3) is 0. The molecular weight excluding hydrogens is 314 g/mol. The van der Waals surface area contributed by atoms with Gasteiger partial charge in [-0.25, -0.2) is 0 Å². The number of para-hydroxylation sites is 1.